The number of nitrogens with zero attached hydrogens (tertiary/aromatic N) is 3. The molecule has 0 N–H and O–H groups in total. The van der Waals surface area contributed by atoms with Crippen LogP contribution in [0.3, 0.4) is 0 Å². The molecule has 4 aromatic carbocycles. The first kappa shape index (κ1) is 17.8. The van der Waals surface area contributed by atoms with Gasteiger partial charge in [0.15, 0.2) is 0 Å². The van der Waals surface area contributed by atoms with Crippen LogP contribution in [-0.2, 0) is 0 Å². The molecule has 138 valence electrons. The van der Waals surface area contributed by atoms with E-state index in [9.17, 15) is 10.1 Å². The van der Waals surface area contributed by atoms with Crippen LogP contribution >= 0.6 is 0 Å². The number of fused-ring (bicyclic) bond motifs is 2. The lowest BCUT2D eigenvalue weighted by Crippen LogP contribution is -1.90. The number of benzene rings is 4. The maximum atomic E-state index is 11.1. The second kappa shape index (κ2) is 6.85. The molecule has 0 aliphatic heterocycles. The minimum absolute atomic E-state index is 0.0761. The lowest BCUT2D eigenvalue weighted by Gasteiger charge is -2.09. The van der Waals surface area contributed by atoms with Gasteiger partial charge in [0.25, 0.3) is 5.69 Å². The Balaban J connectivity index is 1.91. The number of nitro groups is 1. The van der Waals surface area contributed by atoms with Crippen LogP contribution in [0.25, 0.3) is 21.5 Å². The van der Waals surface area contributed by atoms with Crippen molar-refractivity contribution < 1.29 is 4.92 Å². The Hall–Kier alpha value is -3.60. The minimum Gasteiger partial charge on any atom is -0.258 e. The molecule has 0 aliphatic carbocycles. The standard InChI is InChI=1S/C23H19N3O2/c1-14-8-9-17-6-4-5-7-19(17)22(14)24-25-23-16(3)12-15(2)21-13-18(26(27)28)10-11-20(21)23/h4-13H,1-3H3. The zero-order valence-corrected chi connectivity index (χ0v) is 15.9. The number of azo groups is 1. The summed E-state index contributed by atoms with van der Waals surface area (Å²) < 4.78 is 0. The largest absolute Gasteiger partial charge is 0.270 e. The van der Waals surface area contributed by atoms with Gasteiger partial charge in [0.1, 0.15) is 0 Å². The predicted octanol–water partition coefficient (Wildman–Crippen LogP) is 7.24. The summed E-state index contributed by atoms with van der Waals surface area (Å²) in [6.45, 7) is 5.96. The molecule has 5 heteroatoms. The predicted molar refractivity (Wildman–Crippen MR) is 113 cm³/mol. The van der Waals surface area contributed by atoms with Crippen molar-refractivity contribution in [1.29, 1.82) is 0 Å². The van der Waals surface area contributed by atoms with E-state index in [2.05, 4.69) is 22.4 Å². The molecular weight excluding hydrogens is 350 g/mol. The second-order valence-corrected chi connectivity index (χ2v) is 7.00. The number of hydrogen-bond donors (Lipinski definition) is 0. The maximum absolute atomic E-state index is 11.1. The van der Waals surface area contributed by atoms with Crippen molar-refractivity contribution in [3.8, 4) is 0 Å². The third kappa shape index (κ3) is 3.01. The number of nitro benzene ring substituents is 1. The van der Waals surface area contributed by atoms with E-state index in [0.717, 1.165) is 49.6 Å². The Bertz CT molecular complexity index is 1280. The minimum atomic E-state index is -0.376. The summed E-state index contributed by atoms with van der Waals surface area (Å²) in [5.74, 6) is 0. The molecule has 0 heterocycles. The van der Waals surface area contributed by atoms with E-state index >= 15 is 0 Å². The van der Waals surface area contributed by atoms with Gasteiger partial charge in [-0.15, -0.1) is 10.2 Å². The van der Waals surface area contributed by atoms with Crippen LogP contribution in [0.5, 0.6) is 0 Å². The molecular formula is C23H19N3O2. The van der Waals surface area contributed by atoms with Gasteiger partial charge >= 0.3 is 0 Å². The van der Waals surface area contributed by atoms with Crippen LogP contribution < -0.4 is 0 Å². The lowest BCUT2D eigenvalue weighted by molar-refractivity contribution is -0.384. The molecule has 0 amide bonds. The number of rotatable bonds is 3. The molecule has 0 unspecified atom stereocenters. The first-order valence-electron chi connectivity index (χ1n) is 9.04. The van der Waals surface area contributed by atoms with E-state index in [1.54, 1.807) is 12.1 Å². The van der Waals surface area contributed by atoms with E-state index in [-0.39, 0.29) is 10.6 Å². The van der Waals surface area contributed by atoms with Crippen molar-refractivity contribution >= 4 is 38.6 Å². The average Bonchev–Trinajstić information content (AvgIpc) is 2.68. The molecule has 0 saturated carbocycles. The fraction of sp³-hybridized carbons (Fsp3) is 0.130. The summed E-state index contributed by atoms with van der Waals surface area (Å²) >= 11 is 0. The normalized spacial score (nSPS) is 11.5. The van der Waals surface area contributed by atoms with Gasteiger partial charge < -0.3 is 0 Å². The summed E-state index contributed by atoms with van der Waals surface area (Å²) in [6, 6.07) is 19.1. The summed E-state index contributed by atoms with van der Waals surface area (Å²) in [5.41, 5.74) is 4.67. The van der Waals surface area contributed by atoms with Crippen LogP contribution in [0.15, 0.2) is 70.9 Å². The van der Waals surface area contributed by atoms with Crippen molar-refractivity contribution in [3.63, 3.8) is 0 Å². The van der Waals surface area contributed by atoms with Crippen LogP contribution in [0.4, 0.5) is 17.1 Å². The first-order valence-corrected chi connectivity index (χ1v) is 9.04. The summed E-state index contributed by atoms with van der Waals surface area (Å²) in [7, 11) is 0. The molecule has 0 bridgehead atoms. The number of non-ortho nitro benzene ring substituents is 1. The molecule has 0 aliphatic rings. The molecule has 0 spiro atoms. The van der Waals surface area contributed by atoms with Crippen LogP contribution in [0.2, 0.25) is 0 Å². The molecule has 0 aromatic heterocycles. The van der Waals surface area contributed by atoms with Crippen molar-refractivity contribution in [2.45, 2.75) is 20.8 Å². The zero-order chi connectivity index (χ0) is 19.8. The molecule has 4 aromatic rings. The first-order chi connectivity index (χ1) is 13.5. The summed E-state index contributed by atoms with van der Waals surface area (Å²) in [5, 5.41) is 24.2. The van der Waals surface area contributed by atoms with E-state index in [1.807, 2.05) is 51.1 Å². The highest BCUT2D eigenvalue weighted by Gasteiger charge is 2.13. The van der Waals surface area contributed by atoms with Crippen molar-refractivity contribution in [2.24, 2.45) is 10.2 Å². The smallest absolute Gasteiger partial charge is 0.258 e. The van der Waals surface area contributed by atoms with Crippen molar-refractivity contribution in [1.82, 2.24) is 0 Å². The molecule has 0 fully saturated rings. The van der Waals surface area contributed by atoms with E-state index in [0.29, 0.717) is 0 Å². The van der Waals surface area contributed by atoms with Gasteiger partial charge in [-0.25, -0.2) is 0 Å². The topological polar surface area (TPSA) is 67.9 Å². The van der Waals surface area contributed by atoms with E-state index in [1.165, 1.54) is 6.07 Å². The molecule has 28 heavy (non-hydrogen) atoms. The van der Waals surface area contributed by atoms with E-state index < -0.39 is 0 Å². The number of hydrogen-bond acceptors (Lipinski definition) is 4. The fourth-order valence-corrected chi connectivity index (χ4v) is 3.59. The Morgan fingerprint density at radius 3 is 2.18 bits per heavy atom. The molecule has 0 saturated heterocycles. The lowest BCUT2D eigenvalue weighted by atomic mass is 9.99. The summed E-state index contributed by atoms with van der Waals surface area (Å²) in [6.07, 6.45) is 0. The highest BCUT2D eigenvalue weighted by Crippen LogP contribution is 2.37. The van der Waals surface area contributed by atoms with Gasteiger partial charge in [-0.05, 0) is 54.3 Å². The van der Waals surface area contributed by atoms with Crippen LogP contribution in [-0.4, -0.2) is 4.92 Å². The van der Waals surface area contributed by atoms with Gasteiger partial charge in [-0.3, -0.25) is 10.1 Å². The van der Waals surface area contributed by atoms with Gasteiger partial charge in [0, 0.05) is 22.9 Å². The van der Waals surface area contributed by atoms with Gasteiger partial charge in [-0.2, -0.15) is 0 Å². The van der Waals surface area contributed by atoms with Crippen molar-refractivity contribution in [3.05, 3.63) is 87.5 Å². The van der Waals surface area contributed by atoms with Crippen LogP contribution in [0, 0.1) is 30.9 Å². The molecule has 0 atom stereocenters. The maximum Gasteiger partial charge on any atom is 0.270 e. The Morgan fingerprint density at radius 2 is 1.43 bits per heavy atom. The van der Waals surface area contributed by atoms with Gasteiger partial charge in [-0.1, -0.05) is 42.5 Å². The quantitative estimate of drug-likeness (QED) is 0.217. The third-order valence-corrected chi connectivity index (χ3v) is 5.05. The number of aryl methyl sites for hydroxylation is 3. The molecule has 4 rings (SSSR count). The SMILES string of the molecule is Cc1ccc2ccccc2c1N=Nc1c(C)cc(C)c2cc([N+](=O)[O-])ccc12. The molecule has 0 radical (unpaired) electrons. The Kier molecular flexibility index (Phi) is 4.35. The van der Waals surface area contributed by atoms with Gasteiger partial charge in [0.2, 0.25) is 0 Å². The van der Waals surface area contributed by atoms with Crippen LogP contribution in [0.1, 0.15) is 16.7 Å². The Morgan fingerprint density at radius 1 is 0.714 bits per heavy atom. The fourth-order valence-electron chi connectivity index (χ4n) is 3.59. The second-order valence-electron chi connectivity index (χ2n) is 7.00. The highest BCUT2D eigenvalue weighted by atomic mass is 16.6. The molecule has 5 nitrogen and oxygen atoms in total. The average molecular weight is 369 g/mol. The van der Waals surface area contributed by atoms with E-state index in [4.69, 9.17) is 0 Å². The van der Waals surface area contributed by atoms with Crippen molar-refractivity contribution in [2.75, 3.05) is 0 Å². The third-order valence-electron chi connectivity index (χ3n) is 5.05. The highest BCUT2D eigenvalue weighted by molar-refractivity contribution is 5.98. The Labute approximate surface area is 162 Å². The zero-order valence-electron chi connectivity index (χ0n) is 15.9. The van der Waals surface area contributed by atoms with Gasteiger partial charge in [0.05, 0.1) is 16.3 Å². The monoisotopic (exact) mass is 369 g/mol. The summed E-state index contributed by atoms with van der Waals surface area (Å²) in [4.78, 5) is 10.8.